The van der Waals surface area contributed by atoms with Gasteiger partial charge < -0.3 is 10.6 Å². The van der Waals surface area contributed by atoms with Crippen molar-refractivity contribution in [2.45, 2.75) is 20.8 Å². The first-order valence-electron chi connectivity index (χ1n) is 6.58. The molecule has 0 fully saturated rings. The Hall–Kier alpha value is -2.69. The largest absolute Gasteiger partial charge is 0.322 e. The van der Waals surface area contributed by atoms with Gasteiger partial charge in [0, 0.05) is 24.4 Å². The van der Waals surface area contributed by atoms with Gasteiger partial charge >= 0.3 is 0 Å². The van der Waals surface area contributed by atoms with Crippen LogP contribution in [0.5, 0.6) is 0 Å². The fourth-order valence-corrected chi connectivity index (χ4v) is 1.90. The minimum Gasteiger partial charge on any atom is -0.322 e. The van der Waals surface area contributed by atoms with Crippen molar-refractivity contribution in [3.8, 4) is 0 Å². The predicted molar refractivity (Wildman–Crippen MR) is 82.4 cm³/mol. The fraction of sp³-hybridized carbons (Fsp3) is 0.188. The minimum atomic E-state index is -0.238. The maximum absolute atomic E-state index is 12.3. The second kappa shape index (κ2) is 6.17. The van der Waals surface area contributed by atoms with Gasteiger partial charge in [-0.05, 0) is 43.2 Å². The Kier molecular flexibility index (Phi) is 4.33. The van der Waals surface area contributed by atoms with Crippen molar-refractivity contribution in [3.05, 3.63) is 53.2 Å². The zero-order chi connectivity index (χ0) is 15.4. The average molecular weight is 283 g/mol. The molecule has 1 aromatic carbocycles. The Labute approximate surface area is 123 Å². The van der Waals surface area contributed by atoms with Crippen LogP contribution in [0.1, 0.15) is 28.4 Å². The summed E-state index contributed by atoms with van der Waals surface area (Å²) in [7, 11) is 0. The minimum absolute atomic E-state index is 0.227. The number of anilines is 2. The molecule has 2 N–H and O–H groups in total. The van der Waals surface area contributed by atoms with E-state index >= 15 is 0 Å². The standard InChI is InChI=1S/C16H17N3O2/c1-10-5-4-6-14(11(10)2)19-16(21)13-7-8-17-15(9-13)18-12(3)20/h4-9H,1-3H3,(H,19,21)(H,17,18,20). The van der Waals surface area contributed by atoms with Gasteiger partial charge in [0.25, 0.3) is 5.91 Å². The summed E-state index contributed by atoms with van der Waals surface area (Å²) in [4.78, 5) is 27.3. The summed E-state index contributed by atoms with van der Waals surface area (Å²) in [6.45, 7) is 5.34. The van der Waals surface area contributed by atoms with Crippen molar-refractivity contribution in [2.24, 2.45) is 0 Å². The molecule has 0 atom stereocenters. The molecule has 108 valence electrons. The molecule has 0 aliphatic heterocycles. The lowest BCUT2D eigenvalue weighted by Gasteiger charge is -2.11. The highest BCUT2D eigenvalue weighted by atomic mass is 16.2. The van der Waals surface area contributed by atoms with Crippen molar-refractivity contribution in [3.63, 3.8) is 0 Å². The van der Waals surface area contributed by atoms with Crippen LogP contribution in [0.3, 0.4) is 0 Å². The molecule has 2 amide bonds. The third-order valence-electron chi connectivity index (χ3n) is 3.18. The van der Waals surface area contributed by atoms with Crippen molar-refractivity contribution in [2.75, 3.05) is 10.6 Å². The lowest BCUT2D eigenvalue weighted by molar-refractivity contribution is -0.114. The molecule has 0 aliphatic rings. The first-order chi connectivity index (χ1) is 9.97. The third kappa shape index (κ3) is 3.66. The number of rotatable bonds is 3. The molecule has 2 rings (SSSR count). The molecule has 1 heterocycles. The van der Waals surface area contributed by atoms with Gasteiger partial charge in [-0.1, -0.05) is 12.1 Å². The molecule has 1 aromatic heterocycles. The number of aromatic nitrogens is 1. The van der Waals surface area contributed by atoms with E-state index in [2.05, 4.69) is 15.6 Å². The Morgan fingerprint density at radius 2 is 1.86 bits per heavy atom. The van der Waals surface area contributed by atoms with Crippen LogP contribution in [0, 0.1) is 13.8 Å². The van der Waals surface area contributed by atoms with Gasteiger partial charge in [-0.3, -0.25) is 9.59 Å². The molecular formula is C16H17N3O2. The van der Waals surface area contributed by atoms with Gasteiger partial charge in [-0.2, -0.15) is 0 Å². The summed E-state index contributed by atoms with van der Waals surface area (Å²) in [5.74, 6) is -0.108. The van der Waals surface area contributed by atoms with Crippen LogP contribution < -0.4 is 10.6 Å². The van der Waals surface area contributed by atoms with Crippen LogP contribution in [0.25, 0.3) is 0 Å². The Balaban J connectivity index is 2.20. The van der Waals surface area contributed by atoms with Crippen LogP contribution in [0.15, 0.2) is 36.5 Å². The molecule has 0 saturated heterocycles. The van der Waals surface area contributed by atoms with Crippen molar-refractivity contribution >= 4 is 23.3 Å². The molecule has 0 unspecified atom stereocenters. The van der Waals surface area contributed by atoms with E-state index in [1.54, 1.807) is 12.1 Å². The van der Waals surface area contributed by atoms with E-state index in [1.807, 2.05) is 32.0 Å². The number of carbonyl (C=O) groups excluding carboxylic acids is 2. The monoisotopic (exact) mass is 283 g/mol. The molecule has 0 radical (unpaired) electrons. The highest BCUT2D eigenvalue weighted by Crippen LogP contribution is 2.19. The normalized spacial score (nSPS) is 10.0. The number of carbonyl (C=O) groups is 2. The fourth-order valence-electron chi connectivity index (χ4n) is 1.90. The van der Waals surface area contributed by atoms with E-state index in [-0.39, 0.29) is 11.8 Å². The lowest BCUT2D eigenvalue weighted by atomic mass is 10.1. The first kappa shape index (κ1) is 14.7. The van der Waals surface area contributed by atoms with Gasteiger partial charge in [0.1, 0.15) is 5.82 Å². The van der Waals surface area contributed by atoms with Gasteiger partial charge in [-0.15, -0.1) is 0 Å². The van der Waals surface area contributed by atoms with Gasteiger partial charge in [0.15, 0.2) is 0 Å². The molecule has 0 bridgehead atoms. The first-order valence-corrected chi connectivity index (χ1v) is 6.58. The summed E-state index contributed by atoms with van der Waals surface area (Å²) in [5.41, 5.74) is 3.36. The molecular weight excluding hydrogens is 266 g/mol. The van der Waals surface area contributed by atoms with E-state index < -0.39 is 0 Å². The maximum atomic E-state index is 12.3. The zero-order valence-corrected chi connectivity index (χ0v) is 12.2. The Morgan fingerprint density at radius 3 is 2.57 bits per heavy atom. The molecule has 0 saturated carbocycles. The second-order valence-corrected chi connectivity index (χ2v) is 4.81. The molecule has 5 heteroatoms. The number of benzene rings is 1. The summed E-state index contributed by atoms with van der Waals surface area (Å²) < 4.78 is 0. The quantitative estimate of drug-likeness (QED) is 0.909. The van der Waals surface area contributed by atoms with Gasteiger partial charge in [0.2, 0.25) is 5.91 Å². The van der Waals surface area contributed by atoms with Crippen molar-refractivity contribution in [1.82, 2.24) is 4.98 Å². The SMILES string of the molecule is CC(=O)Nc1cc(C(=O)Nc2cccc(C)c2C)ccn1. The van der Waals surface area contributed by atoms with Crippen LogP contribution in [0.2, 0.25) is 0 Å². The van der Waals surface area contributed by atoms with E-state index in [9.17, 15) is 9.59 Å². The highest BCUT2D eigenvalue weighted by molar-refractivity contribution is 6.05. The van der Waals surface area contributed by atoms with Crippen molar-refractivity contribution in [1.29, 1.82) is 0 Å². The number of nitrogens with one attached hydrogen (secondary N) is 2. The van der Waals surface area contributed by atoms with Gasteiger partial charge in [-0.25, -0.2) is 4.98 Å². The molecule has 2 aromatic rings. The molecule has 21 heavy (non-hydrogen) atoms. The van der Waals surface area contributed by atoms with E-state index in [0.29, 0.717) is 11.4 Å². The average Bonchev–Trinajstić information content (AvgIpc) is 2.43. The van der Waals surface area contributed by atoms with Crippen LogP contribution >= 0.6 is 0 Å². The third-order valence-corrected chi connectivity index (χ3v) is 3.18. The summed E-state index contributed by atoms with van der Waals surface area (Å²) in [6.07, 6.45) is 1.49. The zero-order valence-electron chi connectivity index (χ0n) is 12.2. The Bertz CT molecular complexity index is 696. The van der Waals surface area contributed by atoms with Crippen LogP contribution in [-0.4, -0.2) is 16.8 Å². The second-order valence-electron chi connectivity index (χ2n) is 4.81. The predicted octanol–water partition coefficient (Wildman–Crippen LogP) is 2.91. The molecule has 5 nitrogen and oxygen atoms in total. The number of hydrogen-bond acceptors (Lipinski definition) is 3. The van der Waals surface area contributed by atoms with Crippen molar-refractivity contribution < 1.29 is 9.59 Å². The summed E-state index contributed by atoms with van der Waals surface area (Å²) in [6, 6.07) is 8.89. The highest BCUT2D eigenvalue weighted by Gasteiger charge is 2.10. The maximum Gasteiger partial charge on any atom is 0.255 e. The number of nitrogens with zero attached hydrogens (tertiary/aromatic N) is 1. The Morgan fingerprint density at radius 1 is 1.10 bits per heavy atom. The number of aryl methyl sites for hydroxylation is 1. The number of amides is 2. The number of pyridine rings is 1. The van der Waals surface area contributed by atoms with Crippen LogP contribution in [-0.2, 0) is 4.79 Å². The molecule has 0 spiro atoms. The lowest BCUT2D eigenvalue weighted by Crippen LogP contribution is -2.14. The van der Waals surface area contributed by atoms with Gasteiger partial charge in [0.05, 0.1) is 0 Å². The van der Waals surface area contributed by atoms with E-state index in [4.69, 9.17) is 0 Å². The topological polar surface area (TPSA) is 71.1 Å². The van der Waals surface area contributed by atoms with E-state index in [0.717, 1.165) is 16.8 Å². The molecule has 0 aliphatic carbocycles. The van der Waals surface area contributed by atoms with E-state index in [1.165, 1.54) is 13.1 Å². The smallest absolute Gasteiger partial charge is 0.255 e. The summed E-state index contributed by atoms with van der Waals surface area (Å²) in [5, 5.41) is 5.42. The summed E-state index contributed by atoms with van der Waals surface area (Å²) >= 11 is 0. The number of hydrogen-bond donors (Lipinski definition) is 2. The van der Waals surface area contributed by atoms with Crippen LogP contribution in [0.4, 0.5) is 11.5 Å².